The van der Waals surface area contributed by atoms with Crippen LogP contribution in [0.2, 0.25) is 0 Å². The summed E-state index contributed by atoms with van der Waals surface area (Å²) in [4.78, 5) is 11.8. The summed E-state index contributed by atoms with van der Waals surface area (Å²) in [6.07, 6.45) is 0.769. The van der Waals surface area contributed by atoms with Crippen LogP contribution in [0.3, 0.4) is 0 Å². The third-order valence-corrected chi connectivity index (χ3v) is 2.80. The first kappa shape index (κ1) is 14.3. The molecular formula is C13H20N3O2+. The van der Waals surface area contributed by atoms with Gasteiger partial charge in [-0.1, -0.05) is 0 Å². The zero-order valence-corrected chi connectivity index (χ0v) is 11.4. The smallest absolute Gasteiger partial charge is 0.253 e. The van der Waals surface area contributed by atoms with Crippen LogP contribution >= 0.6 is 0 Å². The van der Waals surface area contributed by atoms with Crippen LogP contribution in [0.25, 0.3) is 0 Å². The topological polar surface area (TPSA) is 66.0 Å². The van der Waals surface area contributed by atoms with Crippen molar-refractivity contribution in [2.24, 2.45) is 0 Å². The van der Waals surface area contributed by atoms with Crippen LogP contribution in [0.5, 0.6) is 5.88 Å². The largest absolute Gasteiger partial charge is 0.493 e. The number of aryl methyl sites for hydroxylation is 1. The normalized spacial score (nSPS) is 11.3. The van der Waals surface area contributed by atoms with Crippen LogP contribution in [0.15, 0.2) is 10.9 Å². The van der Waals surface area contributed by atoms with Gasteiger partial charge in [-0.2, -0.15) is 5.26 Å². The molecule has 5 heteroatoms. The molecule has 0 unspecified atom stereocenters. The molecule has 0 atom stereocenters. The molecule has 1 aromatic rings. The van der Waals surface area contributed by atoms with Crippen LogP contribution in [-0.4, -0.2) is 41.8 Å². The van der Waals surface area contributed by atoms with Crippen LogP contribution in [0, 0.1) is 18.3 Å². The highest BCUT2D eigenvalue weighted by atomic mass is 16.3. The standard InChI is InChI=1S/C13H19N3O2/c1-10-8-12(17)15(13(18)11(10)9-14)6-5-7-16(2,3)4/h8H,5-7H2,1-4H3/p+1. The van der Waals surface area contributed by atoms with E-state index in [0.29, 0.717) is 12.1 Å². The van der Waals surface area contributed by atoms with Gasteiger partial charge in [0.25, 0.3) is 5.56 Å². The fourth-order valence-corrected chi connectivity index (χ4v) is 1.81. The molecule has 0 radical (unpaired) electrons. The number of aromatic nitrogens is 1. The Hall–Kier alpha value is -1.80. The number of nitriles is 1. The summed E-state index contributed by atoms with van der Waals surface area (Å²) in [6, 6.07) is 3.32. The van der Waals surface area contributed by atoms with Crippen molar-refractivity contribution in [1.82, 2.24) is 4.57 Å². The summed E-state index contributed by atoms with van der Waals surface area (Å²) >= 11 is 0. The second-order valence-corrected chi connectivity index (χ2v) is 5.50. The molecule has 0 saturated heterocycles. The maximum atomic E-state index is 11.8. The SMILES string of the molecule is Cc1cc(=O)n(CCC[N+](C)(C)C)c(O)c1C#N. The minimum Gasteiger partial charge on any atom is -0.493 e. The quantitative estimate of drug-likeness (QED) is 0.805. The molecule has 0 fully saturated rings. The number of rotatable bonds is 4. The third kappa shape index (κ3) is 3.34. The van der Waals surface area contributed by atoms with Gasteiger partial charge in [-0.15, -0.1) is 0 Å². The van der Waals surface area contributed by atoms with E-state index >= 15 is 0 Å². The molecule has 0 aliphatic heterocycles. The predicted octanol–water partition coefficient (Wildman–Crippen LogP) is 0.830. The van der Waals surface area contributed by atoms with Gasteiger partial charge in [0.15, 0.2) is 0 Å². The molecule has 0 saturated carbocycles. The Morgan fingerprint density at radius 2 is 2.06 bits per heavy atom. The number of aromatic hydroxyl groups is 1. The summed E-state index contributed by atoms with van der Waals surface area (Å²) in [5.74, 6) is -0.219. The summed E-state index contributed by atoms with van der Waals surface area (Å²) in [6.45, 7) is 2.97. The molecule has 0 amide bonds. The second kappa shape index (κ2) is 5.23. The van der Waals surface area contributed by atoms with E-state index in [4.69, 9.17) is 5.26 Å². The van der Waals surface area contributed by atoms with Crippen molar-refractivity contribution in [3.05, 3.63) is 27.5 Å². The third-order valence-electron chi connectivity index (χ3n) is 2.80. The van der Waals surface area contributed by atoms with Crippen molar-refractivity contribution in [1.29, 1.82) is 5.26 Å². The molecule has 0 aliphatic rings. The van der Waals surface area contributed by atoms with Crippen molar-refractivity contribution in [3.63, 3.8) is 0 Å². The molecule has 18 heavy (non-hydrogen) atoms. The molecule has 98 valence electrons. The first-order chi connectivity index (χ1) is 8.26. The summed E-state index contributed by atoms with van der Waals surface area (Å²) < 4.78 is 2.06. The average molecular weight is 250 g/mol. The second-order valence-electron chi connectivity index (χ2n) is 5.50. The first-order valence-electron chi connectivity index (χ1n) is 5.90. The maximum absolute atomic E-state index is 11.8. The zero-order chi connectivity index (χ0) is 13.9. The average Bonchev–Trinajstić information content (AvgIpc) is 2.21. The van der Waals surface area contributed by atoms with Crippen LogP contribution < -0.4 is 5.56 Å². The minimum atomic E-state index is -0.259. The molecule has 5 nitrogen and oxygen atoms in total. The van der Waals surface area contributed by atoms with Crippen LogP contribution in [-0.2, 0) is 6.54 Å². The highest BCUT2D eigenvalue weighted by Gasteiger charge is 2.13. The maximum Gasteiger partial charge on any atom is 0.253 e. The molecular weight excluding hydrogens is 230 g/mol. The van der Waals surface area contributed by atoms with E-state index in [9.17, 15) is 9.90 Å². The molecule has 1 aromatic heterocycles. The lowest BCUT2D eigenvalue weighted by Gasteiger charge is -2.24. The van der Waals surface area contributed by atoms with Gasteiger partial charge in [-0.3, -0.25) is 9.36 Å². The van der Waals surface area contributed by atoms with Crippen LogP contribution in [0.1, 0.15) is 17.5 Å². The van der Waals surface area contributed by atoms with Crippen molar-refractivity contribution in [3.8, 4) is 11.9 Å². The molecule has 0 bridgehead atoms. The number of hydrogen-bond donors (Lipinski definition) is 1. The van der Waals surface area contributed by atoms with Crippen molar-refractivity contribution >= 4 is 0 Å². The summed E-state index contributed by atoms with van der Waals surface area (Å²) in [5.41, 5.74) is 0.438. The van der Waals surface area contributed by atoms with E-state index < -0.39 is 0 Å². The van der Waals surface area contributed by atoms with E-state index in [-0.39, 0.29) is 17.0 Å². The first-order valence-corrected chi connectivity index (χ1v) is 5.90. The van der Waals surface area contributed by atoms with Crippen LogP contribution in [0.4, 0.5) is 0 Å². The van der Waals surface area contributed by atoms with Gasteiger partial charge < -0.3 is 9.59 Å². The van der Waals surface area contributed by atoms with E-state index in [1.54, 1.807) is 6.92 Å². The van der Waals surface area contributed by atoms with Crippen molar-refractivity contribution in [2.45, 2.75) is 19.9 Å². The summed E-state index contributed by atoms with van der Waals surface area (Å²) in [5, 5.41) is 18.9. The molecule has 1 rings (SSSR count). The van der Waals surface area contributed by atoms with Crippen molar-refractivity contribution < 1.29 is 9.59 Å². The lowest BCUT2D eigenvalue weighted by atomic mass is 10.1. The highest BCUT2D eigenvalue weighted by Crippen LogP contribution is 2.17. The molecule has 1 heterocycles. The highest BCUT2D eigenvalue weighted by molar-refractivity contribution is 5.43. The number of hydrogen-bond acceptors (Lipinski definition) is 3. The summed E-state index contributed by atoms with van der Waals surface area (Å²) in [7, 11) is 6.20. The zero-order valence-electron chi connectivity index (χ0n) is 11.4. The Labute approximate surface area is 107 Å². The Kier molecular flexibility index (Phi) is 4.15. The Balaban J connectivity index is 2.97. The van der Waals surface area contributed by atoms with Gasteiger partial charge in [-0.25, -0.2) is 0 Å². The van der Waals surface area contributed by atoms with Gasteiger partial charge in [0.2, 0.25) is 5.88 Å². The Morgan fingerprint density at radius 1 is 1.44 bits per heavy atom. The fraction of sp³-hybridized carbons (Fsp3) is 0.538. The van der Waals surface area contributed by atoms with E-state index in [1.165, 1.54) is 10.6 Å². The molecule has 0 spiro atoms. The van der Waals surface area contributed by atoms with E-state index in [2.05, 4.69) is 21.1 Å². The Morgan fingerprint density at radius 3 is 2.56 bits per heavy atom. The molecule has 1 N–H and O–H groups in total. The van der Waals surface area contributed by atoms with Gasteiger partial charge in [-0.05, 0) is 12.5 Å². The van der Waals surface area contributed by atoms with Gasteiger partial charge >= 0.3 is 0 Å². The predicted molar refractivity (Wildman–Crippen MR) is 69.3 cm³/mol. The number of nitrogens with zero attached hydrogens (tertiary/aromatic N) is 3. The number of quaternary nitrogens is 1. The van der Waals surface area contributed by atoms with E-state index in [0.717, 1.165) is 17.4 Å². The Bertz CT molecular complexity index is 533. The molecule has 0 aliphatic carbocycles. The van der Waals surface area contributed by atoms with Gasteiger partial charge in [0.1, 0.15) is 11.6 Å². The lowest BCUT2D eigenvalue weighted by Crippen LogP contribution is -2.36. The molecule has 0 aromatic carbocycles. The van der Waals surface area contributed by atoms with E-state index in [1.807, 2.05) is 6.07 Å². The van der Waals surface area contributed by atoms with Crippen molar-refractivity contribution in [2.75, 3.05) is 27.7 Å². The monoisotopic (exact) mass is 250 g/mol. The van der Waals surface area contributed by atoms with Gasteiger partial charge in [0.05, 0.1) is 27.7 Å². The lowest BCUT2D eigenvalue weighted by molar-refractivity contribution is -0.870. The fourth-order valence-electron chi connectivity index (χ4n) is 1.81. The minimum absolute atomic E-state index is 0.180. The van der Waals surface area contributed by atoms with Gasteiger partial charge in [0, 0.05) is 19.0 Å². The number of pyridine rings is 1.